The quantitative estimate of drug-likeness (QED) is 0.771. The van der Waals surface area contributed by atoms with Crippen LogP contribution in [0.25, 0.3) is 0 Å². The van der Waals surface area contributed by atoms with E-state index >= 15 is 0 Å². The van der Waals surface area contributed by atoms with Crippen molar-refractivity contribution in [2.75, 3.05) is 18.0 Å². The van der Waals surface area contributed by atoms with Gasteiger partial charge in [0.25, 0.3) is 0 Å². The van der Waals surface area contributed by atoms with E-state index in [1.54, 1.807) is 21.9 Å². The molecule has 1 aromatic heterocycles. The van der Waals surface area contributed by atoms with Gasteiger partial charge in [-0.1, -0.05) is 12.1 Å². The Morgan fingerprint density at radius 2 is 1.94 bits per heavy atom. The molecule has 3 heterocycles. The van der Waals surface area contributed by atoms with Crippen LogP contribution >= 0.6 is 0 Å². The van der Waals surface area contributed by atoms with E-state index in [1.807, 2.05) is 6.92 Å². The first-order valence-electron chi connectivity index (χ1n) is 10.8. The highest BCUT2D eigenvalue weighted by Gasteiger charge is 2.35. The molecule has 0 spiro atoms. The fourth-order valence-corrected chi connectivity index (χ4v) is 4.32. The molecule has 1 atom stereocenters. The number of likely N-dealkylation sites (tertiary alicyclic amines) is 1. The first kappa shape index (κ1) is 21.9. The Balaban J connectivity index is 1.64. The second-order valence-electron chi connectivity index (χ2n) is 8.23. The Hall–Kier alpha value is -3.36. The summed E-state index contributed by atoms with van der Waals surface area (Å²) >= 11 is 0. The molecule has 32 heavy (non-hydrogen) atoms. The lowest BCUT2D eigenvalue weighted by molar-refractivity contribution is -0.133. The van der Waals surface area contributed by atoms with Crippen LogP contribution in [-0.4, -0.2) is 45.7 Å². The van der Waals surface area contributed by atoms with Crippen molar-refractivity contribution < 1.29 is 18.8 Å². The molecule has 1 aromatic carbocycles. The lowest BCUT2D eigenvalue weighted by Crippen LogP contribution is -2.40. The Kier molecular flexibility index (Phi) is 6.16. The summed E-state index contributed by atoms with van der Waals surface area (Å²) in [5.41, 5.74) is 2.52. The molecule has 0 bridgehead atoms. The lowest BCUT2D eigenvalue weighted by atomic mass is 10.0. The number of fused-ring (bicyclic) bond motifs is 1. The number of rotatable bonds is 5. The number of anilines is 1. The molecule has 1 saturated heterocycles. The van der Waals surface area contributed by atoms with E-state index in [1.165, 1.54) is 19.1 Å². The van der Waals surface area contributed by atoms with Gasteiger partial charge in [-0.25, -0.2) is 14.4 Å². The van der Waals surface area contributed by atoms with Crippen LogP contribution < -0.4 is 10.2 Å². The molecule has 2 aliphatic rings. The zero-order valence-electron chi connectivity index (χ0n) is 18.2. The molecular weight excluding hydrogens is 413 g/mol. The number of amides is 3. The van der Waals surface area contributed by atoms with Crippen LogP contribution in [0, 0.1) is 12.7 Å². The predicted molar refractivity (Wildman–Crippen MR) is 115 cm³/mol. The second-order valence-corrected chi connectivity index (χ2v) is 8.23. The van der Waals surface area contributed by atoms with E-state index in [9.17, 15) is 18.8 Å². The Morgan fingerprint density at radius 1 is 1.19 bits per heavy atom. The Labute approximate surface area is 185 Å². The van der Waals surface area contributed by atoms with Crippen molar-refractivity contribution in [3.63, 3.8) is 0 Å². The van der Waals surface area contributed by atoms with E-state index in [4.69, 9.17) is 9.97 Å². The van der Waals surface area contributed by atoms with Gasteiger partial charge >= 0.3 is 0 Å². The molecule has 4 rings (SSSR count). The summed E-state index contributed by atoms with van der Waals surface area (Å²) in [6.45, 7) is 4.06. The number of halogens is 1. The molecule has 3 amide bonds. The van der Waals surface area contributed by atoms with Crippen molar-refractivity contribution in [3.05, 3.63) is 52.7 Å². The molecule has 8 nitrogen and oxygen atoms in total. The molecule has 1 fully saturated rings. The molecule has 168 valence electrons. The standard InChI is InChI=1S/C23H26FN5O3/c1-14-18-9-10-20(31)29(13-16-5-7-17(24)8-6-16)23(18)27-22(26-14)19-4-3-11-28(19)21(32)12-25-15(2)30/h5-8,19H,3-4,9-13H2,1-2H3,(H,25,30)/t19-/m0/s1. The number of carbonyl (C=O) groups is 3. The maximum Gasteiger partial charge on any atom is 0.242 e. The van der Waals surface area contributed by atoms with Crippen LogP contribution in [0.4, 0.5) is 10.2 Å². The first-order valence-corrected chi connectivity index (χ1v) is 10.8. The number of hydrogen-bond acceptors (Lipinski definition) is 5. The van der Waals surface area contributed by atoms with E-state index in [-0.39, 0.29) is 42.7 Å². The van der Waals surface area contributed by atoms with Crippen molar-refractivity contribution in [1.29, 1.82) is 0 Å². The van der Waals surface area contributed by atoms with Crippen LogP contribution in [0.3, 0.4) is 0 Å². The number of hydrogen-bond donors (Lipinski definition) is 1. The third-order valence-electron chi connectivity index (χ3n) is 5.97. The summed E-state index contributed by atoms with van der Waals surface area (Å²) in [5, 5.41) is 2.55. The van der Waals surface area contributed by atoms with E-state index < -0.39 is 0 Å². The first-order chi connectivity index (χ1) is 15.3. The van der Waals surface area contributed by atoms with Gasteiger partial charge in [-0.3, -0.25) is 19.3 Å². The van der Waals surface area contributed by atoms with Crippen LogP contribution in [0.2, 0.25) is 0 Å². The van der Waals surface area contributed by atoms with Crippen molar-refractivity contribution in [2.24, 2.45) is 0 Å². The molecule has 0 aliphatic carbocycles. The van der Waals surface area contributed by atoms with Gasteiger partial charge in [0, 0.05) is 31.1 Å². The largest absolute Gasteiger partial charge is 0.347 e. The van der Waals surface area contributed by atoms with Crippen LogP contribution in [0.5, 0.6) is 0 Å². The highest BCUT2D eigenvalue weighted by atomic mass is 19.1. The summed E-state index contributed by atoms with van der Waals surface area (Å²) in [6.07, 6.45) is 2.46. The fourth-order valence-electron chi connectivity index (χ4n) is 4.32. The molecular formula is C23H26FN5O3. The van der Waals surface area contributed by atoms with Gasteiger partial charge in [0.15, 0.2) is 5.82 Å². The van der Waals surface area contributed by atoms with E-state index in [2.05, 4.69) is 5.32 Å². The Bertz CT molecular complexity index is 1060. The van der Waals surface area contributed by atoms with Gasteiger partial charge in [-0.05, 0) is 43.9 Å². The summed E-state index contributed by atoms with van der Waals surface area (Å²) < 4.78 is 13.3. The highest BCUT2D eigenvalue weighted by molar-refractivity contribution is 5.95. The second kappa shape index (κ2) is 9.02. The zero-order chi connectivity index (χ0) is 22.8. The van der Waals surface area contributed by atoms with E-state index in [0.717, 1.165) is 29.7 Å². The van der Waals surface area contributed by atoms with Gasteiger partial charge in [-0.15, -0.1) is 0 Å². The SMILES string of the molecule is CC(=O)NCC(=O)N1CCC[C@H]1c1nc(C)c2c(n1)N(Cc1ccc(F)cc1)C(=O)CC2. The van der Waals surface area contributed by atoms with Gasteiger partial charge in [0.2, 0.25) is 17.7 Å². The number of carbonyl (C=O) groups excluding carboxylic acids is 3. The van der Waals surface area contributed by atoms with Gasteiger partial charge in [0.1, 0.15) is 11.6 Å². The number of aryl methyl sites for hydroxylation is 1. The van der Waals surface area contributed by atoms with Gasteiger partial charge in [-0.2, -0.15) is 0 Å². The molecule has 1 N–H and O–H groups in total. The average molecular weight is 439 g/mol. The molecule has 0 saturated carbocycles. The monoisotopic (exact) mass is 439 g/mol. The van der Waals surface area contributed by atoms with Crippen LogP contribution in [-0.2, 0) is 27.3 Å². The van der Waals surface area contributed by atoms with Crippen molar-refractivity contribution in [2.45, 2.75) is 52.1 Å². The molecule has 0 radical (unpaired) electrons. The maximum absolute atomic E-state index is 13.3. The lowest BCUT2D eigenvalue weighted by Gasteiger charge is -2.31. The normalized spacial score (nSPS) is 18.0. The Morgan fingerprint density at radius 3 is 2.66 bits per heavy atom. The summed E-state index contributed by atoms with van der Waals surface area (Å²) in [7, 11) is 0. The van der Waals surface area contributed by atoms with Crippen molar-refractivity contribution in [1.82, 2.24) is 20.2 Å². The minimum atomic E-state index is -0.329. The summed E-state index contributed by atoms with van der Waals surface area (Å²) in [6, 6.07) is 5.76. The third-order valence-corrected chi connectivity index (χ3v) is 5.97. The van der Waals surface area contributed by atoms with Crippen LogP contribution in [0.15, 0.2) is 24.3 Å². The minimum Gasteiger partial charge on any atom is -0.347 e. The zero-order valence-corrected chi connectivity index (χ0v) is 18.2. The molecule has 2 aliphatic heterocycles. The summed E-state index contributed by atoms with van der Waals surface area (Å²) in [5.74, 6) is 0.259. The maximum atomic E-state index is 13.3. The number of nitrogens with one attached hydrogen (secondary N) is 1. The highest BCUT2D eigenvalue weighted by Crippen LogP contribution is 2.35. The van der Waals surface area contributed by atoms with Crippen molar-refractivity contribution in [3.8, 4) is 0 Å². The van der Waals surface area contributed by atoms with E-state index in [0.29, 0.717) is 31.0 Å². The average Bonchev–Trinajstić information content (AvgIpc) is 3.25. The van der Waals surface area contributed by atoms with Crippen molar-refractivity contribution >= 4 is 23.5 Å². The topological polar surface area (TPSA) is 95.5 Å². The fraction of sp³-hybridized carbons (Fsp3) is 0.435. The minimum absolute atomic E-state index is 0.0455. The third kappa shape index (κ3) is 4.46. The molecule has 0 unspecified atom stereocenters. The molecule has 9 heteroatoms. The smallest absolute Gasteiger partial charge is 0.242 e. The number of benzene rings is 1. The summed E-state index contributed by atoms with van der Waals surface area (Å²) in [4.78, 5) is 49.4. The van der Waals surface area contributed by atoms with Gasteiger partial charge < -0.3 is 10.2 Å². The number of nitrogens with zero attached hydrogens (tertiary/aromatic N) is 4. The number of aromatic nitrogens is 2. The predicted octanol–water partition coefficient (Wildman–Crippen LogP) is 2.20. The van der Waals surface area contributed by atoms with Gasteiger partial charge in [0.05, 0.1) is 19.1 Å². The molecule has 2 aromatic rings. The van der Waals surface area contributed by atoms with Crippen LogP contribution in [0.1, 0.15) is 54.9 Å².